The van der Waals surface area contributed by atoms with Crippen LogP contribution >= 0.6 is 11.6 Å². The number of nitrogens with one attached hydrogen (secondary N) is 1. The Hall–Kier alpha value is -3.03. The fourth-order valence-electron chi connectivity index (χ4n) is 3.26. The van der Waals surface area contributed by atoms with Gasteiger partial charge in [0.15, 0.2) is 0 Å². The van der Waals surface area contributed by atoms with Crippen LogP contribution in [0.1, 0.15) is 16.7 Å². The molecule has 8 heteroatoms. The number of ether oxygens (including phenoxy) is 1. The second kappa shape index (κ2) is 10.7. The Bertz CT molecular complexity index is 1210. The molecule has 0 heterocycles. The number of rotatable bonds is 9. The maximum Gasteiger partial charge on any atom is 0.264 e. The molecule has 3 aromatic carbocycles. The van der Waals surface area contributed by atoms with Gasteiger partial charge in [0, 0.05) is 5.02 Å². The summed E-state index contributed by atoms with van der Waals surface area (Å²) in [5.41, 5.74) is 3.54. The second-order valence-electron chi connectivity index (χ2n) is 7.77. The van der Waals surface area contributed by atoms with Gasteiger partial charge in [-0.25, -0.2) is 8.42 Å². The summed E-state index contributed by atoms with van der Waals surface area (Å²) >= 11 is 5.91. The number of aryl methyl sites for hydroxylation is 3. The van der Waals surface area contributed by atoms with Gasteiger partial charge < -0.3 is 10.1 Å². The van der Waals surface area contributed by atoms with Crippen molar-refractivity contribution in [2.24, 2.45) is 0 Å². The predicted octanol–water partition coefficient (Wildman–Crippen LogP) is 4.66. The number of benzene rings is 3. The molecule has 0 saturated carbocycles. The Morgan fingerprint density at radius 2 is 1.58 bits per heavy atom. The fourth-order valence-corrected chi connectivity index (χ4v) is 4.81. The molecule has 0 aliphatic carbocycles. The normalized spacial score (nSPS) is 11.2. The van der Waals surface area contributed by atoms with Crippen LogP contribution in [0.2, 0.25) is 5.02 Å². The quantitative estimate of drug-likeness (QED) is 0.446. The molecule has 1 amide bonds. The van der Waals surface area contributed by atoms with Crippen molar-refractivity contribution in [1.29, 1.82) is 0 Å². The number of hydrogen-bond acceptors (Lipinski definition) is 4. The molecule has 0 atom stereocenters. The average molecular weight is 487 g/mol. The number of anilines is 1. The van der Waals surface area contributed by atoms with E-state index < -0.39 is 15.9 Å². The first-order valence-corrected chi connectivity index (χ1v) is 12.3. The molecule has 0 bridgehead atoms. The van der Waals surface area contributed by atoms with Gasteiger partial charge in [-0.05, 0) is 68.8 Å². The zero-order valence-corrected chi connectivity index (χ0v) is 20.4. The van der Waals surface area contributed by atoms with Gasteiger partial charge in [-0.2, -0.15) is 0 Å². The lowest BCUT2D eigenvalue weighted by molar-refractivity contribution is -0.119. The van der Waals surface area contributed by atoms with Crippen molar-refractivity contribution >= 4 is 33.2 Å². The molecule has 0 aromatic heterocycles. The van der Waals surface area contributed by atoms with Gasteiger partial charge in [-0.3, -0.25) is 9.10 Å². The molecule has 3 aromatic rings. The van der Waals surface area contributed by atoms with Crippen LogP contribution in [0, 0.1) is 20.8 Å². The largest absolute Gasteiger partial charge is 0.491 e. The third-order valence-electron chi connectivity index (χ3n) is 5.02. The maximum absolute atomic E-state index is 13.3. The molecule has 3 rings (SSSR count). The zero-order chi connectivity index (χ0) is 24.0. The average Bonchev–Trinajstić information content (AvgIpc) is 2.77. The standard InChI is InChI=1S/C25H27ClN2O4S/c1-18-4-9-22(10-5-18)28(33(30,31)23-11-7-21(26)8-12-23)17-25(29)27-14-15-32-24-13-6-19(2)16-20(24)3/h4-13,16H,14-15,17H2,1-3H3,(H,27,29). The highest BCUT2D eigenvalue weighted by molar-refractivity contribution is 7.92. The van der Waals surface area contributed by atoms with Crippen LogP contribution < -0.4 is 14.4 Å². The summed E-state index contributed by atoms with van der Waals surface area (Å²) in [5.74, 6) is 0.318. The minimum absolute atomic E-state index is 0.0541. The van der Waals surface area contributed by atoms with E-state index in [1.54, 1.807) is 24.3 Å². The minimum Gasteiger partial charge on any atom is -0.491 e. The summed E-state index contributed by atoms with van der Waals surface area (Å²) < 4.78 is 33.5. The van der Waals surface area contributed by atoms with Crippen LogP contribution in [-0.4, -0.2) is 34.0 Å². The number of carbonyl (C=O) groups excluding carboxylic acids is 1. The maximum atomic E-state index is 13.3. The summed E-state index contributed by atoms with van der Waals surface area (Å²) in [6.45, 7) is 6.03. The van der Waals surface area contributed by atoms with Gasteiger partial charge in [0.1, 0.15) is 18.9 Å². The van der Waals surface area contributed by atoms with E-state index in [-0.39, 0.29) is 24.6 Å². The highest BCUT2D eigenvalue weighted by atomic mass is 35.5. The van der Waals surface area contributed by atoms with E-state index in [1.165, 1.54) is 24.3 Å². The third kappa shape index (κ3) is 6.49. The van der Waals surface area contributed by atoms with E-state index in [0.29, 0.717) is 10.7 Å². The van der Waals surface area contributed by atoms with E-state index in [1.807, 2.05) is 39.0 Å². The van der Waals surface area contributed by atoms with Gasteiger partial charge in [-0.15, -0.1) is 0 Å². The fraction of sp³-hybridized carbons (Fsp3) is 0.240. The van der Waals surface area contributed by atoms with E-state index in [2.05, 4.69) is 5.32 Å². The van der Waals surface area contributed by atoms with Crippen LogP contribution in [0.5, 0.6) is 5.75 Å². The number of nitrogens with zero attached hydrogens (tertiary/aromatic N) is 1. The zero-order valence-electron chi connectivity index (χ0n) is 18.8. The number of hydrogen-bond donors (Lipinski definition) is 1. The molecular formula is C25H27ClN2O4S. The van der Waals surface area contributed by atoms with Crippen LogP contribution in [0.25, 0.3) is 0 Å². The van der Waals surface area contributed by atoms with Crippen molar-refractivity contribution in [3.63, 3.8) is 0 Å². The highest BCUT2D eigenvalue weighted by Gasteiger charge is 2.27. The second-order valence-corrected chi connectivity index (χ2v) is 10.1. The number of amides is 1. The van der Waals surface area contributed by atoms with Gasteiger partial charge in [0.05, 0.1) is 17.1 Å². The molecule has 0 fully saturated rings. The number of carbonyl (C=O) groups is 1. The first-order chi connectivity index (χ1) is 15.7. The lowest BCUT2D eigenvalue weighted by Gasteiger charge is -2.24. The predicted molar refractivity (Wildman–Crippen MR) is 132 cm³/mol. The molecule has 0 radical (unpaired) electrons. The van der Waals surface area contributed by atoms with Crippen molar-refractivity contribution < 1.29 is 17.9 Å². The summed E-state index contributed by atoms with van der Waals surface area (Å²) in [6.07, 6.45) is 0. The van der Waals surface area contributed by atoms with Gasteiger partial charge in [0.25, 0.3) is 10.0 Å². The summed E-state index contributed by atoms with van der Waals surface area (Å²) in [6, 6.07) is 18.7. The third-order valence-corrected chi connectivity index (χ3v) is 7.06. The summed E-state index contributed by atoms with van der Waals surface area (Å²) in [4.78, 5) is 12.7. The molecule has 33 heavy (non-hydrogen) atoms. The van der Waals surface area contributed by atoms with Crippen molar-refractivity contribution in [2.75, 3.05) is 24.0 Å². The summed E-state index contributed by atoms with van der Waals surface area (Å²) in [7, 11) is -3.98. The van der Waals surface area contributed by atoms with E-state index in [4.69, 9.17) is 16.3 Å². The van der Waals surface area contributed by atoms with E-state index in [0.717, 1.165) is 26.7 Å². The highest BCUT2D eigenvalue weighted by Crippen LogP contribution is 2.25. The van der Waals surface area contributed by atoms with Crippen molar-refractivity contribution in [1.82, 2.24) is 5.32 Å². The van der Waals surface area contributed by atoms with Gasteiger partial charge in [0.2, 0.25) is 5.91 Å². The van der Waals surface area contributed by atoms with Crippen molar-refractivity contribution in [3.8, 4) is 5.75 Å². The minimum atomic E-state index is -3.98. The lowest BCUT2D eigenvalue weighted by Crippen LogP contribution is -2.41. The number of halogens is 1. The molecule has 6 nitrogen and oxygen atoms in total. The Balaban J connectivity index is 1.69. The van der Waals surface area contributed by atoms with Gasteiger partial charge >= 0.3 is 0 Å². The monoisotopic (exact) mass is 486 g/mol. The van der Waals surface area contributed by atoms with Crippen molar-refractivity contribution in [3.05, 3.63) is 88.4 Å². The Kier molecular flexibility index (Phi) is 8.00. The lowest BCUT2D eigenvalue weighted by atomic mass is 10.1. The van der Waals surface area contributed by atoms with E-state index in [9.17, 15) is 13.2 Å². The molecule has 174 valence electrons. The first-order valence-electron chi connectivity index (χ1n) is 10.5. The smallest absolute Gasteiger partial charge is 0.264 e. The van der Waals surface area contributed by atoms with Crippen molar-refractivity contribution in [2.45, 2.75) is 25.7 Å². The Labute approximate surface area is 200 Å². The van der Waals surface area contributed by atoms with Crippen LogP contribution in [0.3, 0.4) is 0 Å². The molecule has 1 N–H and O–H groups in total. The Morgan fingerprint density at radius 1 is 0.939 bits per heavy atom. The first kappa shape index (κ1) is 24.6. The molecule has 0 saturated heterocycles. The summed E-state index contributed by atoms with van der Waals surface area (Å²) in [5, 5.41) is 3.17. The van der Waals surface area contributed by atoms with Gasteiger partial charge in [-0.1, -0.05) is 47.0 Å². The molecular weight excluding hydrogens is 460 g/mol. The SMILES string of the molecule is Cc1ccc(N(CC(=O)NCCOc2ccc(C)cc2C)S(=O)(=O)c2ccc(Cl)cc2)cc1. The van der Waals surface area contributed by atoms with Crippen LogP contribution in [-0.2, 0) is 14.8 Å². The molecule has 0 unspecified atom stereocenters. The molecule has 0 spiro atoms. The Morgan fingerprint density at radius 3 is 2.21 bits per heavy atom. The van der Waals surface area contributed by atoms with Crippen LogP contribution in [0.15, 0.2) is 71.6 Å². The number of sulfonamides is 1. The van der Waals surface area contributed by atoms with Crippen LogP contribution in [0.4, 0.5) is 5.69 Å². The topological polar surface area (TPSA) is 75.7 Å². The molecule has 0 aliphatic heterocycles. The molecule has 0 aliphatic rings. The van der Waals surface area contributed by atoms with E-state index >= 15 is 0 Å².